The number of halogens is 2. The summed E-state index contributed by atoms with van der Waals surface area (Å²) in [7, 11) is 1.62. The van der Waals surface area contributed by atoms with Crippen LogP contribution in [0.15, 0.2) is 46.9 Å². The smallest absolute Gasteiger partial charge is 0.141 e. The first-order chi connectivity index (χ1) is 9.65. The second-order valence-corrected chi connectivity index (χ2v) is 5.51. The summed E-state index contributed by atoms with van der Waals surface area (Å²) in [4.78, 5) is 0. The van der Waals surface area contributed by atoms with E-state index in [9.17, 15) is 5.11 Å². The normalized spacial score (nSPS) is 12.0. The van der Waals surface area contributed by atoms with Gasteiger partial charge >= 0.3 is 0 Å². The topological polar surface area (TPSA) is 41.5 Å². The van der Waals surface area contributed by atoms with Crippen molar-refractivity contribution in [2.45, 2.75) is 6.04 Å². The number of rotatable bonds is 5. The van der Waals surface area contributed by atoms with Crippen molar-refractivity contribution >= 4 is 33.2 Å². The van der Waals surface area contributed by atoms with E-state index in [1.54, 1.807) is 13.2 Å². The first-order valence-corrected chi connectivity index (χ1v) is 7.28. The molecule has 1 atom stereocenters. The minimum absolute atomic E-state index is 0.0356. The van der Waals surface area contributed by atoms with Gasteiger partial charge in [-0.3, -0.25) is 0 Å². The lowest BCUT2D eigenvalue weighted by Gasteiger charge is -2.20. The average molecular weight is 357 g/mol. The van der Waals surface area contributed by atoms with Gasteiger partial charge in [-0.05, 0) is 45.8 Å². The molecule has 0 fully saturated rings. The summed E-state index contributed by atoms with van der Waals surface area (Å²) in [5.74, 6) is 0.735. The van der Waals surface area contributed by atoms with Gasteiger partial charge in [0.25, 0.3) is 0 Å². The molecule has 0 heterocycles. The van der Waals surface area contributed by atoms with Crippen molar-refractivity contribution in [1.29, 1.82) is 0 Å². The zero-order valence-corrected chi connectivity index (χ0v) is 13.3. The number of aliphatic hydroxyl groups excluding tert-OH is 1. The van der Waals surface area contributed by atoms with Crippen LogP contribution in [0.3, 0.4) is 0 Å². The molecule has 3 nitrogen and oxygen atoms in total. The average Bonchev–Trinajstić information content (AvgIpc) is 2.48. The predicted octanol–water partition coefficient (Wildman–Crippen LogP) is 4.26. The van der Waals surface area contributed by atoms with Crippen LogP contribution < -0.4 is 10.1 Å². The fourth-order valence-corrected chi connectivity index (χ4v) is 2.43. The molecule has 0 radical (unpaired) electrons. The number of anilines is 1. The van der Waals surface area contributed by atoms with Crippen LogP contribution in [0.4, 0.5) is 5.69 Å². The molecule has 0 aliphatic rings. The number of nitrogens with one attached hydrogen (secondary N) is 1. The molecule has 2 aromatic carbocycles. The third-order valence-electron chi connectivity index (χ3n) is 2.97. The van der Waals surface area contributed by atoms with E-state index in [1.165, 1.54) is 0 Å². The summed E-state index contributed by atoms with van der Waals surface area (Å²) >= 11 is 9.38. The highest BCUT2D eigenvalue weighted by Gasteiger charge is 2.13. The predicted molar refractivity (Wildman–Crippen MR) is 85.6 cm³/mol. The monoisotopic (exact) mass is 355 g/mol. The molecular weight excluding hydrogens is 342 g/mol. The van der Waals surface area contributed by atoms with Crippen LogP contribution >= 0.6 is 27.5 Å². The lowest BCUT2D eigenvalue weighted by atomic mass is 10.1. The van der Waals surface area contributed by atoms with Crippen molar-refractivity contribution in [3.63, 3.8) is 0 Å². The van der Waals surface area contributed by atoms with E-state index in [0.717, 1.165) is 21.5 Å². The zero-order valence-electron chi connectivity index (χ0n) is 10.9. The summed E-state index contributed by atoms with van der Waals surface area (Å²) in [6.07, 6.45) is 0. The Labute approximate surface area is 131 Å². The number of hydrogen-bond donors (Lipinski definition) is 2. The van der Waals surface area contributed by atoms with E-state index in [-0.39, 0.29) is 12.6 Å². The molecular formula is C15H15BrClNO2. The van der Waals surface area contributed by atoms with Gasteiger partial charge in [-0.15, -0.1) is 0 Å². The van der Waals surface area contributed by atoms with Gasteiger partial charge in [0, 0.05) is 4.47 Å². The zero-order chi connectivity index (χ0) is 14.5. The summed E-state index contributed by atoms with van der Waals surface area (Å²) in [5.41, 5.74) is 1.77. The molecule has 5 heteroatoms. The van der Waals surface area contributed by atoms with Gasteiger partial charge in [0.2, 0.25) is 0 Å². The van der Waals surface area contributed by atoms with Crippen molar-refractivity contribution in [1.82, 2.24) is 0 Å². The van der Waals surface area contributed by atoms with E-state index in [4.69, 9.17) is 16.3 Å². The highest BCUT2D eigenvalue weighted by Crippen LogP contribution is 2.30. The SMILES string of the molecule is COc1ccccc1NC(CO)c1ccc(Cl)c(Br)c1. The third kappa shape index (κ3) is 3.45. The van der Waals surface area contributed by atoms with Gasteiger partial charge in [0.1, 0.15) is 5.75 Å². The highest BCUT2D eigenvalue weighted by atomic mass is 79.9. The van der Waals surface area contributed by atoms with Gasteiger partial charge in [-0.25, -0.2) is 0 Å². The van der Waals surface area contributed by atoms with E-state index in [0.29, 0.717) is 5.02 Å². The van der Waals surface area contributed by atoms with Gasteiger partial charge in [0.05, 0.1) is 30.5 Å². The highest BCUT2D eigenvalue weighted by molar-refractivity contribution is 9.10. The molecule has 20 heavy (non-hydrogen) atoms. The van der Waals surface area contributed by atoms with Crippen molar-refractivity contribution < 1.29 is 9.84 Å². The third-order valence-corrected chi connectivity index (χ3v) is 4.18. The number of hydrogen-bond acceptors (Lipinski definition) is 3. The van der Waals surface area contributed by atoms with E-state index < -0.39 is 0 Å². The molecule has 0 bridgehead atoms. The largest absolute Gasteiger partial charge is 0.495 e. The Balaban J connectivity index is 2.26. The minimum Gasteiger partial charge on any atom is -0.495 e. The molecule has 0 aromatic heterocycles. The molecule has 2 N–H and O–H groups in total. The standard InChI is InChI=1S/C15H15BrClNO2/c1-20-15-5-3-2-4-13(15)18-14(9-19)10-6-7-12(17)11(16)8-10/h2-8,14,18-19H,9H2,1H3. The van der Waals surface area contributed by atoms with Crippen molar-refractivity contribution in [3.05, 3.63) is 57.5 Å². The van der Waals surface area contributed by atoms with Crippen LogP contribution in [0.2, 0.25) is 5.02 Å². The van der Waals surface area contributed by atoms with Crippen LogP contribution in [0.1, 0.15) is 11.6 Å². The Morgan fingerprint density at radius 2 is 2.05 bits per heavy atom. The molecule has 0 saturated heterocycles. The Bertz CT molecular complexity index is 592. The number of aliphatic hydroxyl groups is 1. The maximum atomic E-state index is 9.61. The van der Waals surface area contributed by atoms with Crippen LogP contribution in [0, 0.1) is 0 Å². The fraction of sp³-hybridized carbons (Fsp3) is 0.200. The summed E-state index contributed by atoms with van der Waals surface area (Å²) in [6, 6.07) is 12.9. The number of benzene rings is 2. The van der Waals surface area contributed by atoms with Crippen LogP contribution in [0.25, 0.3) is 0 Å². The van der Waals surface area contributed by atoms with E-state index in [1.807, 2.05) is 36.4 Å². The van der Waals surface area contributed by atoms with Crippen LogP contribution in [0.5, 0.6) is 5.75 Å². The molecule has 0 aliphatic carbocycles. The Hall–Kier alpha value is -1.23. The molecule has 1 unspecified atom stereocenters. The van der Waals surface area contributed by atoms with E-state index >= 15 is 0 Å². The Morgan fingerprint density at radius 3 is 2.70 bits per heavy atom. The lowest BCUT2D eigenvalue weighted by molar-refractivity contribution is 0.276. The molecule has 0 amide bonds. The first kappa shape index (κ1) is 15.2. The molecule has 0 spiro atoms. The van der Waals surface area contributed by atoms with Crippen molar-refractivity contribution in [2.24, 2.45) is 0 Å². The minimum atomic E-state index is -0.236. The second kappa shape index (κ2) is 6.97. The fourth-order valence-electron chi connectivity index (χ4n) is 1.92. The molecule has 0 aliphatic heterocycles. The molecule has 2 aromatic rings. The molecule has 2 rings (SSSR count). The first-order valence-electron chi connectivity index (χ1n) is 6.11. The summed E-state index contributed by atoms with van der Waals surface area (Å²) in [5, 5.41) is 13.5. The lowest BCUT2D eigenvalue weighted by Crippen LogP contribution is -2.15. The Morgan fingerprint density at radius 1 is 1.30 bits per heavy atom. The second-order valence-electron chi connectivity index (χ2n) is 4.25. The quantitative estimate of drug-likeness (QED) is 0.841. The number of methoxy groups -OCH3 is 1. The summed E-state index contributed by atoms with van der Waals surface area (Å²) < 4.78 is 6.10. The van der Waals surface area contributed by atoms with E-state index in [2.05, 4.69) is 21.2 Å². The van der Waals surface area contributed by atoms with Crippen molar-refractivity contribution in [3.8, 4) is 5.75 Å². The number of ether oxygens (including phenoxy) is 1. The summed E-state index contributed by atoms with van der Waals surface area (Å²) in [6.45, 7) is -0.0356. The van der Waals surface area contributed by atoms with Gasteiger partial charge in [0.15, 0.2) is 0 Å². The van der Waals surface area contributed by atoms with Gasteiger partial charge in [-0.2, -0.15) is 0 Å². The maximum Gasteiger partial charge on any atom is 0.141 e. The van der Waals surface area contributed by atoms with Crippen LogP contribution in [-0.4, -0.2) is 18.8 Å². The molecule has 0 saturated carbocycles. The van der Waals surface area contributed by atoms with Gasteiger partial charge < -0.3 is 15.2 Å². The number of para-hydroxylation sites is 2. The van der Waals surface area contributed by atoms with Crippen molar-refractivity contribution in [2.75, 3.05) is 19.0 Å². The molecule has 106 valence electrons. The Kier molecular flexibility index (Phi) is 5.29. The van der Waals surface area contributed by atoms with Crippen LogP contribution in [-0.2, 0) is 0 Å². The maximum absolute atomic E-state index is 9.61. The van der Waals surface area contributed by atoms with Gasteiger partial charge in [-0.1, -0.05) is 29.8 Å².